The van der Waals surface area contributed by atoms with Crippen molar-refractivity contribution in [2.75, 3.05) is 13.1 Å². The van der Waals surface area contributed by atoms with Crippen LogP contribution in [0, 0.1) is 5.92 Å². The maximum Gasteiger partial charge on any atom is 0.244 e. The second-order valence-electron chi connectivity index (χ2n) is 4.26. The maximum atomic E-state index is 12.4. The first-order chi connectivity index (χ1) is 7.93. The summed E-state index contributed by atoms with van der Waals surface area (Å²) in [5, 5.41) is 1.78. The first-order valence-corrected chi connectivity index (χ1v) is 8.02. The molecule has 1 heterocycles. The largest absolute Gasteiger partial charge is 0.326 e. The Balaban J connectivity index is 3.08. The van der Waals surface area contributed by atoms with E-state index < -0.39 is 10.0 Å². The van der Waals surface area contributed by atoms with Crippen molar-refractivity contribution in [1.29, 1.82) is 0 Å². The summed E-state index contributed by atoms with van der Waals surface area (Å²) in [5.74, 6) is 0.310. The summed E-state index contributed by atoms with van der Waals surface area (Å²) in [7, 11) is -3.38. The summed E-state index contributed by atoms with van der Waals surface area (Å²) < 4.78 is 26.3. The van der Waals surface area contributed by atoms with Crippen molar-refractivity contribution in [2.24, 2.45) is 11.7 Å². The van der Waals surface area contributed by atoms with Crippen molar-refractivity contribution in [1.82, 2.24) is 4.31 Å². The molecular weight excluding hydrogens is 256 g/mol. The fraction of sp³-hybridized carbons (Fsp3) is 0.636. The second-order valence-corrected chi connectivity index (χ2v) is 7.17. The van der Waals surface area contributed by atoms with Gasteiger partial charge in [-0.05, 0) is 17.4 Å². The van der Waals surface area contributed by atoms with Gasteiger partial charge < -0.3 is 5.73 Å². The first-order valence-electron chi connectivity index (χ1n) is 5.70. The lowest BCUT2D eigenvalue weighted by atomic mass is 10.2. The van der Waals surface area contributed by atoms with Gasteiger partial charge >= 0.3 is 0 Å². The molecule has 0 aliphatic heterocycles. The van der Waals surface area contributed by atoms with Gasteiger partial charge in [-0.2, -0.15) is 4.31 Å². The molecular formula is C11H20N2O2S2. The molecule has 0 bridgehead atoms. The summed E-state index contributed by atoms with van der Waals surface area (Å²) in [6.45, 7) is 7.17. The van der Waals surface area contributed by atoms with Gasteiger partial charge in [0.1, 0.15) is 0 Å². The zero-order valence-electron chi connectivity index (χ0n) is 10.5. The van der Waals surface area contributed by atoms with Gasteiger partial charge in [0.25, 0.3) is 0 Å². The molecule has 0 aliphatic rings. The van der Waals surface area contributed by atoms with Gasteiger partial charge in [-0.1, -0.05) is 20.8 Å². The van der Waals surface area contributed by atoms with E-state index >= 15 is 0 Å². The van der Waals surface area contributed by atoms with Gasteiger partial charge in [-0.25, -0.2) is 8.42 Å². The van der Waals surface area contributed by atoms with E-state index in [4.69, 9.17) is 5.73 Å². The molecule has 0 atom stereocenters. The van der Waals surface area contributed by atoms with Gasteiger partial charge in [0, 0.05) is 24.5 Å². The normalized spacial score (nSPS) is 12.6. The minimum Gasteiger partial charge on any atom is -0.326 e. The van der Waals surface area contributed by atoms with Gasteiger partial charge in [0.05, 0.1) is 4.90 Å². The molecule has 0 saturated heterocycles. The van der Waals surface area contributed by atoms with E-state index in [1.807, 2.05) is 20.8 Å². The topological polar surface area (TPSA) is 63.4 Å². The Morgan fingerprint density at radius 3 is 2.59 bits per heavy atom. The van der Waals surface area contributed by atoms with Crippen LogP contribution in [0.25, 0.3) is 0 Å². The predicted molar refractivity (Wildman–Crippen MR) is 71.5 cm³/mol. The molecule has 0 fully saturated rings. The molecule has 1 aromatic rings. The average Bonchev–Trinajstić information content (AvgIpc) is 2.73. The Bertz CT molecular complexity index is 452. The molecule has 1 rings (SSSR count). The smallest absolute Gasteiger partial charge is 0.244 e. The Kier molecular flexibility index (Phi) is 5.12. The third kappa shape index (κ3) is 3.28. The highest BCUT2D eigenvalue weighted by Crippen LogP contribution is 2.25. The summed E-state index contributed by atoms with van der Waals surface area (Å²) in [5.41, 5.74) is 5.56. The molecule has 17 heavy (non-hydrogen) atoms. The molecule has 0 saturated carbocycles. The molecule has 6 heteroatoms. The van der Waals surface area contributed by atoms with Crippen LogP contribution in [0.3, 0.4) is 0 Å². The van der Waals surface area contributed by atoms with Crippen LogP contribution in [0.5, 0.6) is 0 Å². The number of nitrogens with two attached hydrogens (primary N) is 1. The van der Waals surface area contributed by atoms with Crippen LogP contribution >= 0.6 is 11.3 Å². The maximum absolute atomic E-state index is 12.4. The third-order valence-electron chi connectivity index (χ3n) is 2.43. The van der Waals surface area contributed by atoms with E-state index in [-0.39, 0.29) is 6.54 Å². The predicted octanol–water partition coefficient (Wildman–Crippen LogP) is 1.87. The Hall–Kier alpha value is -0.430. The van der Waals surface area contributed by atoms with E-state index in [9.17, 15) is 8.42 Å². The Labute approximate surface area is 107 Å². The molecule has 0 aromatic carbocycles. The van der Waals surface area contributed by atoms with Gasteiger partial charge in [0.15, 0.2) is 0 Å². The minimum atomic E-state index is -3.38. The summed E-state index contributed by atoms with van der Waals surface area (Å²) in [6.07, 6.45) is 0. The molecule has 0 spiro atoms. The van der Waals surface area contributed by atoms with Crippen molar-refractivity contribution in [3.63, 3.8) is 0 Å². The lowest BCUT2D eigenvalue weighted by molar-refractivity contribution is 0.380. The highest BCUT2D eigenvalue weighted by molar-refractivity contribution is 7.89. The van der Waals surface area contributed by atoms with E-state index in [0.717, 1.165) is 4.88 Å². The molecule has 4 nitrogen and oxygen atoms in total. The number of rotatable bonds is 6. The first kappa shape index (κ1) is 14.6. The quantitative estimate of drug-likeness (QED) is 0.862. The number of nitrogens with zero attached hydrogens (tertiary/aromatic N) is 1. The van der Waals surface area contributed by atoms with Crippen LogP contribution in [0.15, 0.2) is 16.3 Å². The van der Waals surface area contributed by atoms with Gasteiger partial charge in [-0.3, -0.25) is 0 Å². The lowest BCUT2D eigenvalue weighted by Crippen LogP contribution is -2.34. The Morgan fingerprint density at radius 2 is 2.12 bits per heavy atom. The van der Waals surface area contributed by atoms with Gasteiger partial charge in [-0.15, -0.1) is 11.3 Å². The number of hydrogen-bond acceptors (Lipinski definition) is 4. The highest BCUT2D eigenvalue weighted by Gasteiger charge is 2.26. The van der Waals surface area contributed by atoms with Crippen molar-refractivity contribution < 1.29 is 8.42 Å². The number of thiophene rings is 1. The monoisotopic (exact) mass is 276 g/mol. The highest BCUT2D eigenvalue weighted by atomic mass is 32.2. The summed E-state index contributed by atoms with van der Waals surface area (Å²) in [4.78, 5) is 1.10. The molecule has 0 radical (unpaired) electrons. The van der Waals surface area contributed by atoms with Crippen molar-refractivity contribution >= 4 is 21.4 Å². The third-order valence-corrected chi connectivity index (χ3v) is 5.53. The molecule has 0 unspecified atom stereocenters. The standard InChI is InChI=1S/C11H20N2O2S2/c1-4-13(8-9(2)3)17(14,15)11-5-6-16-10(11)7-12/h5-6,9H,4,7-8,12H2,1-3H3. The van der Waals surface area contributed by atoms with Crippen LogP contribution in [0.1, 0.15) is 25.6 Å². The fourth-order valence-electron chi connectivity index (χ4n) is 1.65. The van der Waals surface area contributed by atoms with Crippen molar-refractivity contribution in [2.45, 2.75) is 32.2 Å². The molecule has 0 aliphatic carbocycles. The van der Waals surface area contributed by atoms with Crippen LogP contribution in [-0.4, -0.2) is 25.8 Å². The van der Waals surface area contributed by atoms with Crippen molar-refractivity contribution in [3.8, 4) is 0 Å². The average molecular weight is 276 g/mol. The molecule has 98 valence electrons. The summed E-state index contributed by atoms with van der Waals surface area (Å²) in [6, 6.07) is 1.64. The van der Waals surface area contributed by atoms with Crippen LogP contribution < -0.4 is 5.73 Å². The SMILES string of the molecule is CCN(CC(C)C)S(=O)(=O)c1ccsc1CN. The molecule has 2 N–H and O–H groups in total. The van der Waals surface area contributed by atoms with E-state index in [0.29, 0.717) is 23.9 Å². The second kappa shape index (κ2) is 5.95. The lowest BCUT2D eigenvalue weighted by Gasteiger charge is -2.22. The van der Waals surface area contributed by atoms with E-state index in [1.165, 1.54) is 15.6 Å². The Morgan fingerprint density at radius 1 is 1.47 bits per heavy atom. The van der Waals surface area contributed by atoms with E-state index in [2.05, 4.69) is 0 Å². The number of sulfonamides is 1. The summed E-state index contributed by atoms with van der Waals surface area (Å²) >= 11 is 1.39. The number of hydrogen-bond donors (Lipinski definition) is 1. The van der Waals surface area contributed by atoms with Crippen LogP contribution in [0.2, 0.25) is 0 Å². The fourth-order valence-corrected chi connectivity index (χ4v) is 4.57. The zero-order chi connectivity index (χ0) is 13.1. The van der Waals surface area contributed by atoms with E-state index in [1.54, 1.807) is 11.4 Å². The van der Waals surface area contributed by atoms with Crippen molar-refractivity contribution in [3.05, 3.63) is 16.3 Å². The van der Waals surface area contributed by atoms with Crippen LogP contribution in [0.4, 0.5) is 0 Å². The minimum absolute atomic E-state index is 0.269. The van der Waals surface area contributed by atoms with Gasteiger partial charge in [0.2, 0.25) is 10.0 Å². The molecule has 1 aromatic heterocycles. The van der Waals surface area contributed by atoms with Crippen LogP contribution in [-0.2, 0) is 16.6 Å². The zero-order valence-corrected chi connectivity index (χ0v) is 12.1. The molecule has 0 amide bonds.